The molecule has 2 heterocycles. The molecule has 0 saturated carbocycles. The van der Waals surface area contributed by atoms with Crippen molar-refractivity contribution in [2.75, 3.05) is 39.3 Å². The molecule has 0 aromatic carbocycles. The molecule has 122 valence electrons. The van der Waals surface area contributed by atoms with Gasteiger partial charge in [-0.05, 0) is 65.0 Å². The van der Waals surface area contributed by atoms with Gasteiger partial charge in [-0.3, -0.25) is 0 Å². The monoisotopic (exact) mass is 297 g/mol. The van der Waals surface area contributed by atoms with Crippen LogP contribution >= 0.6 is 0 Å². The summed E-state index contributed by atoms with van der Waals surface area (Å²) in [6.45, 7) is 11.7. The summed E-state index contributed by atoms with van der Waals surface area (Å²) in [7, 11) is 0. The van der Waals surface area contributed by atoms with Gasteiger partial charge in [-0.2, -0.15) is 0 Å². The van der Waals surface area contributed by atoms with E-state index in [1.807, 2.05) is 25.7 Å². The maximum Gasteiger partial charge on any atom is 0.410 e. The van der Waals surface area contributed by atoms with E-state index < -0.39 is 5.60 Å². The lowest BCUT2D eigenvalue weighted by Crippen LogP contribution is -2.43. The van der Waals surface area contributed by atoms with Crippen molar-refractivity contribution in [3.8, 4) is 0 Å². The highest BCUT2D eigenvalue weighted by Gasteiger charge is 2.29. The van der Waals surface area contributed by atoms with Crippen molar-refractivity contribution < 1.29 is 9.53 Å². The molecule has 2 aliphatic rings. The third kappa shape index (κ3) is 5.15. The average Bonchev–Trinajstić information content (AvgIpc) is 2.85. The van der Waals surface area contributed by atoms with Crippen LogP contribution in [0.25, 0.3) is 0 Å². The lowest BCUT2D eigenvalue weighted by atomic mass is 9.96. The predicted molar refractivity (Wildman–Crippen MR) is 84.1 cm³/mol. The zero-order valence-corrected chi connectivity index (χ0v) is 13.8. The molecule has 5 heteroatoms. The largest absolute Gasteiger partial charge is 0.444 e. The molecule has 0 bridgehead atoms. The van der Waals surface area contributed by atoms with Gasteiger partial charge in [0.25, 0.3) is 0 Å². The molecule has 2 N–H and O–H groups in total. The molecule has 1 amide bonds. The van der Waals surface area contributed by atoms with Gasteiger partial charge in [0.1, 0.15) is 5.60 Å². The first-order valence-electron chi connectivity index (χ1n) is 8.27. The first kappa shape index (κ1) is 16.6. The minimum absolute atomic E-state index is 0.162. The minimum Gasteiger partial charge on any atom is -0.444 e. The van der Waals surface area contributed by atoms with Crippen LogP contribution in [-0.2, 0) is 4.74 Å². The van der Waals surface area contributed by atoms with Crippen molar-refractivity contribution in [3.05, 3.63) is 0 Å². The Labute approximate surface area is 128 Å². The molecule has 0 radical (unpaired) electrons. The van der Waals surface area contributed by atoms with Gasteiger partial charge >= 0.3 is 6.09 Å². The van der Waals surface area contributed by atoms with Gasteiger partial charge in [0.05, 0.1) is 0 Å². The van der Waals surface area contributed by atoms with Crippen LogP contribution < -0.4 is 5.73 Å². The number of carbonyl (C=O) groups excluding carboxylic acids is 1. The molecule has 2 saturated heterocycles. The summed E-state index contributed by atoms with van der Waals surface area (Å²) in [5.74, 6) is 1.40. The molecule has 2 aliphatic heterocycles. The highest BCUT2D eigenvalue weighted by molar-refractivity contribution is 5.68. The Balaban J connectivity index is 1.70. The normalized spacial score (nSPS) is 25.3. The van der Waals surface area contributed by atoms with E-state index in [4.69, 9.17) is 10.5 Å². The maximum atomic E-state index is 12.0. The standard InChI is InChI=1S/C16H31N3O2/c1-16(2,3)21-15(20)19-8-5-13(6-9-19)11-18-7-4-14(10-17)12-18/h13-14H,4-12,17H2,1-3H3. The predicted octanol–water partition coefficient (Wildman–Crippen LogP) is 1.91. The SMILES string of the molecule is CC(C)(C)OC(=O)N1CCC(CN2CCC(CN)C2)CC1. The van der Waals surface area contributed by atoms with Gasteiger partial charge in [-0.15, -0.1) is 0 Å². The summed E-state index contributed by atoms with van der Waals surface area (Å²) >= 11 is 0. The van der Waals surface area contributed by atoms with Gasteiger partial charge in [0.15, 0.2) is 0 Å². The van der Waals surface area contributed by atoms with Crippen molar-refractivity contribution in [3.63, 3.8) is 0 Å². The number of nitrogens with zero attached hydrogens (tertiary/aromatic N) is 2. The molecule has 0 aromatic heterocycles. The zero-order chi connectivity index (χ0) is 15.5. The molecule has 0 spiro atoms. The van der Waals surface area contributed by atoms with Crippen molar-refractivity contribution in [2.24, 2.45) is 17.6 Å². The Kier molecular flexibility index (Phi) is 5.49. The first-order chi connectivity index (χ1) is 9.87. The molecule has 5 nitrogen and oxygen atoms in total. The number of rotatable bonds is 3. The van der Waals surface area contributed by atoms with Crippen LogP contribution in [0.3, 0.4) is 0 Å². The summed E-state index contributed by atoms with van der Waals surface area (Å²) < 4.78 is 5.44. The second-order valence-electron chi connectivity index (χ2n) is 7.56. The van der Waals surface area contributed by atoms with E-state index in [1.54, 1.807) is 0 Å². The summed E-state index contributed by atoms with van der Waals surface area (Å²) in [4.78, 5) is 16.4. The Morgan fingerprint density at radius 1 is 1.14 bits per heavy atom. The number of likely N-dealkylation sites (tertiary alicyclic amines) is 2. The van der Waals surface area contributed by atoms with Gasteiger partial charge in [0.2, 0.25) is 0 Å². The number of ether oxygens (including phenoxy) is 1. The Morgan fingerprint density at radius 2 is 1.76 bits per heavy atom. The van der Waals surface area contributed by atoms with E-state index in [2.05, 4.69) is 4.90 Å². The van der Waals surface area contributed by atoms with E-state index in [-0.39, 0.29) is 6.09 Å². The first-order valence-corrected chi connectivity index (χ1v) is 8.27. The lowest BCUT2D eigenvalue weighted by Gasteiger charge is -2.34. The van der Waals surface area contributed by atoms with E-state index in [0.717, 1.165) is 39.0 Å². The van der Waals surface area contributed by atoms with Gasteiger partial charge in [-0.1, -0.05) is 0 Å². The van der Waals surface area contributed by atoms with Crippen molar-refractivity contribution in [1.29, 1.82) is 0 Å². The molecule has 0 aromatic rings. The van der Waals surface area contributed by atoms with Gasteiger partial charge in [0, 0.05) is 26.2 Å². The fraction of sp³-hybridized carbons (Fsp3) is 0.938. The van der Waals surface area contributed by atoms with Crippen LogP contribution in [-0.4, -0.2) is 60.8 Å². The summed E-state index contributed by atoms with van der Waals surface area (Å²) in [5.41, 5.74) is 5.34. The highest BCUT2D eigenvalue weighted by Crippen LogP contribution is 2.23. The average molecular weight is 297 g/mol. The third-order valence-electron chi connectivity index (χ3n) is 4.49. The molecule has 21 heavy (non-hydrogen) atoms. The smallest absolute Gasteiger partial charge is 0.410 e. The highest BCUT2D eigenvalue weighted by atomic mass is 16.6. The molecular weight excluding hydrogens is 266 g/mol. The molecule has 1 atom stereocenters. The summed E-state index contributed by atoms with van der Waals surface area (Å²) in [5, 5.41) is 0. The van der Waals surface area contributed by atoms with E-state index >= 15 is 0 Å². The van der Waals surface area contributed by atoms with Crippen LogP contribution in [0.4, 0.5) is 4.79 Å². The Hall–Kier alpha value is -0.810. The van der Waals surface area contributed by atoms with Crippen molar-refractivity contribution in [1.82, 2.24) is 9.80 Å². The van der Waals surface area contributed by atoms with Crippen molar-refractivity contribution >= 4 is 6.09 Å². The molecule has 1 unspecified atom stereocenters. The fourth-order valence-corrected chi connectivity index (χ4v) is 3.26. The molecule has 2 rings (SSSR count). The van der Waals surface area contributed by atoms with Crippen molar-refractivity contribution in [2.45, 2.75) is 45.6 Å². The number of piperidine rings is 1. The van der Waals surface area contributed by atoms with Crippen LogP contribution in [0.1, 0.15) is 40.0 Å². The number of hydrogen-bond acceptors (Lipinski definition) is 4. The van der Waals surface area contributed by atoms with Crippen LogP contribution in [0, 0.1) is 11.8 Å². The number of nitrogens with two attached hydrogens (primary N) is 1. The van der Waals surface area contributed by atoms with Gasteiger partial charge < -0.3 is 20.3 Å². The van der Waals surface area contributed by atoms with E-state index in [0.29, 0.717) is 11.8 Å². The Morgan fingerprint density at radius 3 is 2.29 bits per heavy atom. The maximum absolute atomic E-state index is 12.0. The second kappa shape index (κ2) is 6.97. The van der Waals surface area contributed by atoms with Gasteiger partial charge in [-0.25, -0.2) is 4.79 Å². The lowest BCUT2D eigenvalue weighted by molar-refractivity contribution is 0.0172. The zero-order valence-electron chi connectivity index (χ0n) is 13.8. The number of amides is 1. The molecule has 0 aliphatic carbocycles. The van der Waals surface area contributed by atoms with E-state index in [1.165, 1.54) is 19.5 Å². The third-order valence-corrected chi connectivity index (χ3v) is 4.49. The minimum atomic E-state index is -0.402. The van der Waals surface area contributed by atoms with E-state index in [9.17, 15) is 4.79 Å². The molecule has 2 fully saturated rings. The topological polar surface area (TPSA) is 58.8 Å². The van der Waals surface area contributed by atoms with Crippen LogP contribution in [0.5, 0.6) is 0 Å². The van der Waals surface area contributed by atoms with Crippen LogP contribution in [0.15, 0.2) is 0 Å². The number of carbonyl (C=O) groups is 1. The quantitative estimate of drug-likeness (QED) is 0.864. The summed E-state index contributed by atoms with van der Waals surface area (Å²) in [6, 6.07) is 0. The molecular formula is C16H31N3O2. The Bertz CT molecular complexity index is 346. The van der Waals surface area contributed by atoms with Crippen LogP contribution in [0.2, 0.25) is 0 Å². The fourth-order valence-electron chi connectivity index (χ4n) is 3.26. The second-order valence-corrected chi connectivity index (χ2v) is 7.56. The summed E-state index contributed by atoms with van der Waals surface area (Å²) in [6.07, 6.45) is 3.25. The number of hydrogen-bond donors (Lipinski definition) is 1.